The van der Waals surface area contributed by atoms with Gasteiger partial charge in [-0.15, -0.1) is 6.58 Å². The van der Waals surface area contributed by atoms with Gasteiger partial charge in [-0.05, 0) is 37.2 Å². The lowest BCUT2D eigenvalue weighted by atomic mass is 10.0. The van der Waals surface area contributed by atoms with Crippen LogP contribution in [0, 0.1) is 23.7 Å². The Morgan fingerprint density at radius 2 is 1.86 bits per heavy atom. The standard InChI is InChI=1S/C18H24O4/c1-2-3-4-5-6-7-8-9-10-11-12-13-14-15-16(19)17(20)18(21)22/h2,8-9,16-17,19-20H,1,3,10-15H2,(H,21,22). The van der Waals surface area contributed by atoms with E-state index >= 15 is 0 Å². The van der Waals surface area contributed by atoms with Crippen LogP contribution in [0.5, 0.6) is 0 Å². The fraction of sp³-hybridized carbons (Fsp3) is 0.500. The molecule has 0 aliphatic carbocycles. The van der Waals surface area contributed by atoms with Crippen LogP contribution in [-0.2, 0) is 4.79 Å². The highest BCUT2D eigenvalue weighted by atomic mass is 16.4. The smallest absolute Gasteiger partial charge is 0.335 e. The number of hydrogen-bond acceptors (Lipinski definition) is 3. The topological polar surface area (TPSA) is 77.8 Å². The van der Waals surface area contributed by atoms with Crippen LogP contribution in [0.3, 0.4) is 0 Å². The first-order chi connectivity index (χ1) is 10.6. The van der Waals surface area contributed by atoms with E-state index in [2.05, 4.69) is 30.3 Å². The summed E-state index contributed by atoms with van der Waals surface area (Å²) < 4.78 is 0. The number of unbranched alkanes of at least 4 members (excludes halogenated alkanes) is 4. The van der Waals surface area contributed by atoms with Gasteiger partial charge in [0.05, 0.1) is 6.10 Å². The Labute approximate surface area is 132 Å². The van der Waals surface area contributed by atoms with E-state index in [9.17, 15) is 9.90 Å². The SMILES string of the molecule is C=CCC#CC#CC=CCCCCCCC(O)C(O)C(=O)O. The molecule has 0 heterocycles. The third-order valence-corrected chi connectivity index (χ3v) is 2.91. The van der Waals surface area contributed by atoms with Crippen molar-refractivity contribution in [3.8, 4) is 23.7 Å². The summed E-state index contributed by atoms with van der Waals surface area (Å²) in [6.45, 7) is 3.56. The first kappa shape index (κ1) is 20.0. The number of rotatable bonds is 10. The number of aliphatic hydroxyl groups is 2. The second-order valence-electron chi connectivity index (χ2n) is 4.81. The van der Waals surface area contributed by atoms with E-state index in [0.29, 0.717) is 19.3 Å². The number of aliphatic hydroxyl groups excluding tert-OH is 2. The van der Waals surface area contributed by atoms with E-state index in [-0.39, 0.29) is 0 Å². The minimum atomic E-state index is -1.68. The fourth-order valence-corrected chi connectivity index (χ4v) is 1.68. The first-order valence-electron chi connectivity index (χ1n) is 7.42. The molecule has 0 amide bonds. The summed E-state index contributed by atoms with van der Waals surface area (Å²) in [6.07, 6.45) is 8.12. The third-order valence-electron chi connectivity index (χ3n) is 2.91. The molecule has 0 rings (SSSR count). The zero-order chi connectivity index (χ0) is 16.6. The molecule has 2 atom stereocenters. The monoisotopic (exact) mass is 304 g/mol. The Hall–Kier alpha value is -2.01. The van der Waals surface area contributed by atoms with Crippen molar-refractivity contribution in [1.82, 2.24) is 0 Å². The van der Waals surface area contributed by atoms with Gasteiger partial charge in [0.25, 0.3) is 0 Å². The molecule has 2 unspecified atom stereocenters. The molecule has 0 aromatic heterocycles. The molecule has 0 fully saturated rings. The van der Waals surface area contributed by atoms with Gasteiger partial charge in [0.1, 0.15) is 0 Å². The first-order valence-corrected chi connectivity index (χ1v) is 7.42. The van der Waals surface area contributed by atoms with Crippen LogP contribution in [0.25, 0.3) is 0 Å². The van der Waals surface area contributed by atoms with Crippen molar-refractivity contribution in [3.63, 3.8) is 0 Å². The zero-order valence-electron chi connectivity index (χ0n) is 12.8. The molecule has 0 spiro atoms. The summed E-state index contributed by atoms with van der Waals surface area (Å²) in [4.78, 5) is 10.4. The molecule has 0 aliphatic rings. The van der Waals surface area contributed by atoms with Crippen LogP contribution in [0.2, 0.25) is 0 Å². The van der Waals surface area contributed by atoms with Crippen molar-refractivity contribution in [2.24, 2.45) is 0 Å². The van der Waals surface area contributed by atoms with Crippen molar-refractivity contribution >= 4 is 5.97 Å². The summed E-state index contributed by atoms with van der Waals surface area (Å²) in [7, 11) is 0. The number of allylic oxidation sites excluding steroid dienone is 3. The second kappa shape index (κ2) is 13.9. The van der Waals surface area contributed by atoms with E-state index in [1.54, 1.807) is 12.2 Å². The van der Waals surface area contributed by atoms with Crippen molar-refractivity contribution in [2.75, 3.05) is 0 Å². The van der Waals surface area contributed by atoms with Gasteiger partial charge in [0, 0.05) is 6.42 Å². The highest BCUT2D eigenvalue weighted by Crippen LogP contribution is 2.10. The highest BCUT2D eigenvalue weighted by Gasteiger charge is 2.22. The Morgan fingerprint density at radius 3 is 2.55 bits per heavy atom. The lowest BCUT2D eigenvalue weighted by Crippen LogP contribution is -2.33. The summed E-state index contributed by atoms with van der Waals surface area (Å²) in [5, 5.41) is 27.0. The van der Waals surface area contributed by atoms with E-state index in [0.717, 1.165) is 25.7 Å². The normalized spacial score (nSPS) is 12.6. The quantitative estimate of drug-likeness (QED) is 0.329. The summed E-state index contributed by atoms with van der Waals surface area (Å²) in [5.74, 6) is 9.71. The van der Waals surface area contributed by atoms with Gasteiger partial charge >= 0.3 is 5.97 Å². The molecule has 120 valence electrons. The molecule has 0 aliphatic heterocycles. The van der Waals surface area contributed by atoms with Crippen LogP contribution in [0.1, 0.15) is 44.9 Å². The minimum Gasteiger partial charge on any atom is -0.479 e. The van der Waals surface area contributed by atoms with Gasteiger partial charge in [-0.1, -0.05) is 43.3 Å². The van der Waals surface area contributed by atoms with Crippen LogP contribution in [-0.4, -0.2) is 33.5 Å². The Morgan fingerprint density at radius 1 is 1.14 bits per heavy atom. The molecular formula is C18H24O4. The number of carboxylic acids is 1. The number of aliphatic carboxylic acids is 1. The average Bonchev–Trinajstić information content (AvgIpc) is 2.50. The minimum absolute atomic E-state index is 0.304. The predicted octanol–water partition coefficient (Wildman–Crippen LogP) is 2.27. The fourth-order valence-electron chi connectivity index (χ4n) is 1.68. The zero-order valence-corrected chi connectivity index (χ0v) is 12.8. The van der Waals surface area contributed by atoms with Crippen LogP contribution in [0.4, 0.5) is 0 Å². The summed E-state index contributed by atoms with van der Waals surface area (Å²) >= 11 is 0. The Kier molecular flexibility index (Phi) is 12.7. The molecule has 22 heavy (non-hydrogen) atoms. The molecule has 0 saturated carbocycles. The van der Waals surface area contributed by atoms with E-state index < -0.39 is 18.2 Å². The second-order valence-corrected chi connectivity index (χ2v) is 4.81. The maximum atomic E-state index is 10.4. The van der Waals surface area contributed by atoms with Crippen molar-refractivity contribution in [3.05, 3.63) is 24.8 Å². The maximum Gasteiger partial charge on any atom is 0.335 e. The lowest BCUT2D eigenvalue weighted by Gasteiger charge is -2.13. The Bertz CT molecular complexity index is 471. The van der Waals surface area contributed by atoms with E-state index in [1.165, 1.54) is 0 Å². The van der Waals surface area contributed by atoms with E-state index in [4.69, 9.17) is 10.2 Å². The van der Waals surface area contributed by atoms with E-state index in [1.807, 2.05) is 6.08 Å². The largest absolute Gasteiger partial charge is 0.479 e. The van der Waals surface area contributed by atoms with Gasteiger partial charge in [0.2, 0.25) is 0 Å². The van der Waals surface area contributed by atoms with Gasteiger partial charge in [-0.25, -0.2) is 4.79 Å². The molecule has 4 nitrogen and oxygen atoms in total. The van der Waals surface area contributed by atoms with Gasteiger partial charge < -0.3 is 15.3 Å². The number of hydrogen-bond donors (Lipinski definition) is 3. The molecule has 3 N–H and O–H groups in total. The van der Waals surface area contributed by atoms with Gasteiger partial charge in [-0.2, -0.15) is 0 Å². The van der Waals surface area contributed by atoms with Crippen LogP contribution >= 0.6 is 0 Å². The molecule has 0 aromatic rings. The molecular weight excluding hydrogens is 280 g/mol. The van der Waals surface area contributed by atoms with Crippen LogP contribution in [0.15, 0.2) is 24.8 Å². The highest BCUT2D eigenvalue weighted by molar-refractivity contribution is 5.72. The van der Waals surface area contributed by atoms with Gasteiger partial charge in [-0.3, -0.25) is 0 Å². The third kappa shape index (κ3) is 11.8. The summed E-state index contributed by atoms with van der Waals surface area (Å²) in [5.41, 5.74) is 0. The maximum absolute atomic E-state index is 10.4. The van der Waals surface area contributed by atoms with Crippen molar-refractivity contribution in [1.29, 1.82) is 0 Å². The van der Waals surface area contributed by atoms with Crippen LogP contribution < -0.4 is 0 Å². The summed E-state index contributed by atoms with van der Waals surface area (Å²) in [6, 6.07) is 0. The molecule has 0 aromatic carbocycles. The van der Waals surface area contributed by atoms with Crippen molar-refractivity contribution < 1.29 is 20.1 Å². The van der Waals surface area contributed by atoms with Gasteiger partial charge in [0.15, 0.2) is 6.10 Å². The van der Waals surface area contributed by atoms with Crippen molar-refractivity contribution in [2.45, 2.75) is 57.2 Å². The molecule has 0 bridgehead atoms. The number of carboxylic acid groups (broad SMARTS) is 1. The lowest BCUT2D eigenvalue weighted by molar-refractivity contribution is -0.153. The molecule has 0 saturated heterocycles. The molecule has 0 radical (unpaired) electrons. The predicted molar refractivity (Wildman–Crippen MR) is 86.9 cm³/mol. The average molecular weight is 304 g/mol. The Balaban J connectivity index is 3.57. The number of carbonyl (C=O) groups is 1. The molecule has 4 heteroatoms.